The molecule has 7 nitrogen and oxygen atoms in total. The van der Waals surface area contributed by atoms with Crippen LogP contribution in [0.4, 0.5) is 18.0 Å². The number of likely N-dealkylation sites (N-methyl/N-ethyl adjacent to an activating group) is 1. The van der Waals surface area contributed by atoms with E-state index in [0.29, 0.717) is 37.8 Å². The Morgan fingerprint density at radius 2 is 1.82 bits per heavy atom. The Morgan fingerprint density at radius 1 is 1.09 bits per heavy atom. The Labute approximate surface area is 260 Å². The molecule has 2 aromatic rings. The zero-order chi connectivity index (χ0) is 32.2. The molecule has 0 radical (unpaired) electrons. The van der Waals surface area contributed by atoms with E-state index in [1.807, 2.05) is 27.7 Å². The molecule has 0 N–H and O–H groups in total. The Kier molecular flexibility index (Phi) is 10.2. The Bertz CT molecular complexity index is 1510. The highest BCUT2D eigenvalue weighted by Gasteiger charge is 2.39. The summed E-state index contributed by atoms with van der Waals surface area (Å²) < 4.78 is 60.7. The summed E-state index contributed by atoms with van der Waals surface area (Å²) in [6.45, 7) is 15.7. The second kappa shape index (κ2) is 13.6. The number of benzene rings is 2. The molecule has 0 spiro atoms. The lowest BCUT2D eigenvalue weighted by Crippen LogP contribution is -2.42. The lowest BCUT2D eigenvalue weighted by Gasteiger charge is -2.38. The summed E-state index contributed by atoms with van der Waals surface area (Å²) in [5, 5.41) is -0.482. The van der Waals surface area contributed by atoms with E-state index < -0.39 is 28.5 Å². The van der Waals surface area contributed by atoms with Crippen molar-refractivity contribution in [3.05, 3.63) is 67.9 Å². The Balaban J connectivity index is 1.47. The minimum Gasteiger partial charge on any atom is -0.493 e. The van der Waals surface area contributed by atoms with Gasteiger partial charge in [0.25, 0.3) is 11.1 Å². The van der Waals surface area contributed by atoms with Gasteiger partial charge >= 0.3 is 6.18 Å². The van der Waals surface area contributed by atoms with Crippen molar-refractivity contribution in [1.82, 2.24) is 4.90 Å². The quantitative estimate of drug-likeness (QED) is 0.141. The van der Waals surface area contributed by atoms with Crippen molar-refractivity contribution < 1.29 is 37.0 Å². The van der Waals surface area contributed by atoms with Gasteiger partial charge < -0.3 is 19.1 Å². The number of hydrogen-bond donors (Lipinski definition) is 0. The van der Waals surface area contributed by atoms with E-state index in [0.717, 1.165) is 70.4 Å². The lowest BCUT2D eigenvalue weighted by atomic mass is 9.87. The molecule has 1 atom stereocenters. The van der Waals surface area contributed by atoms with Crippen molar-refractivity contribution in [3.63, 3.8) is 0 Å². The molecule has 2 heterocycles. The average molecular weight is 631 g/mol. The van der Waals surface area contributed by atoms with Crippen LogP contribution in [0.15, 0.2) is 23.1 Å². The van der Waals surface area contributed by atoms with Crippen LogP contribution < -0.4 is 14.2 Å². The zero-order valence-electron chi connectivity index (χ0n) is 25.7. The summed E-state index contributed by atoms with van der Waals surface area (Å²) in [7, 11) is 1.32. The van der Waals surface area contributed by atoms with Gasteiger partial charge in [-0.05, 0) is 112 Å². The van der Waals surface area contributed by atoms with E-state index in [-0.39, 0.29) is 22.8 Å². The predicted octanol–water partition coefficient (Wildman–Crippen LogP) is 8.32. The highest BCUT2D eigenvalue weighted by Crippen LogP contribution is 2.45. The van der Waals surface area contributed by atoms with Crippen molar-refractivity contribution in [3.8, 4) is 17.2 Å². The van der Waals surface area contributed by atoms with E-state index in [2.05, 4.69) is 4.85 Å². The van der Waals surface area contributed by atoms with Crippen molar-refractivity contribution >= 4 is 29.0 Å². The fraction of sp³-hybridized carbons (Fsp3) is 0.485. The number of imide groups is 1. The molecular weight excluding hydrogens is 593 g/mol. The van der Waals surface area contributed by atoms with Crippen molar-refractivity contribution in [2.75, 3.05) is 26.8 Å². The van der Waals surface area contributed by atoms with E-state index >= 15 is 0 Å². The van der Waals surface area contributed by atoms with Gasteiger partial charge in [0.1, 0.15) is 29.5 Å². The number of carbonyl (C=O) groups is 2. The fourth-order valence-corrected chi connectivity index (χ4v) is 6.16. The normalized spacial score (nSPS) is 19.2. The summed E-state index contributed by atoms with van der Waals surface area (Å²) in [6, 6.07) is 3.59. The van der Waals surface area contributed by atoms with Crippen LogP contribution in [0, 0.1) is 27.3 Å². The monoisotopic (exact) mass is 630 g/mol. The van der Waals surface area contributed by atoms with Gasteiger partial charge in [0.05, 0.1) is 17.1 Å². The number of ether oxygens (including phenoxy) is 3. The molecule has 0 bridgehead atoms. The fourth-order valence-electron chi connectivity index (χ4n) is 5.33. The second-order valence-electron chi connectivity index (χ2n) is 11.5. The van der Waals surface area contributed by atoms with Crippen LogP contribution in [0.3, 0.4) is 0 Å². The number of fused-ring (bicyclic) bond motifs is 1. The molecule has 44 heavy (non-hydrogen) atoms. The molecule has 0 saturated carbocycles. The summed E-state index contributed by atoms with van der Waals surface area (Å²) in [5.74, 6) is 0.681. The first-order chi connectivity index (χ1) is 20.8. The van der Waals surface area contributed by atoms with Crippen LogP contribution >= 0.6 is 11.8 Å². The van der Waals surface area contributed by atoms with Gasteiger partial charge in [0.2, 0.25) is 6.54 Å². The molecule has 0 aliphatic carbocycles. The smallest absolute Gasteiger partial charge is 0.419 e. The highest BCUT2D eigenvalue weighted by molar-refractivity contribution is 8.18. The minimum atomic E-state index is -4.71. The molecule has 11 heteroatoms. The number of halogens is 3. The highest BCUT2D eigenvalue weighted by atomic mass is 32.2. The van der Waals surface area contributed by atoms with E-state index in [1.54, 1.807) is 0 Å². The van der Waals surface area contributed by atoms with Crippen LogP contribution in [-0.2, 0) is 17.4 Å². The third-order valence-electron chi connectivity index (χ3n) is 8.10. The molecule has 1 fully saturated rings. The number of hydrogen-bond acceptors (Lipinski definition) is 6. The molecule has 1 unspecified atom stereocenters. The average Bonchev–Trinajstić information content (AvgIpc) is 3.21. The largest absolute Gasteiger partial charge is 0.493 e. The topological polar surface area (TPSA) is 69.4 Å². The minimum absolute atomic E-state index is 0.0588. The van der Waals surface area contributed by atoms with Gasteiger partial charge in [0.15, 0.2) is 0 Å². The third kappa shape index (κ3) is 7.34. The molecule has 4 rings (SSSR count). The standard InChI is InChI=1S/C33H37F3N2O5S/c1-20-21(2)29-24(22(3)28(20)41-16-10-8-7-9-15-37-5)13-14-32(4,43-29)19-42-26-12-11-23(17-25(26)33(34,35)36)18-27-30(39)38(6)31(40)44-27/h11-12,17-18H,7-10,13-16,19H2,1-4,6H3/b27-18+. The number of nitrogens with zero attached hydrogens (tertiary/aromatic N) is 2. The van der Waals surface area contributed by atoms with Gasteiger partial charge in [-0.1, -0.05) is 6.07 Å². The summed E-state index contributed by atoms with van der Waals surface area (Å²) in [5.41, 5.74) is 2.24. The van der Waals surface area contributed by atoms with Gasteiger partial charge in [-0.25, -0.2) is 6.57 Å². The first-order valence-corrected chi connectivity index (χ1v) is 15.4. The van der Waals surface area contributed by atoms with Gasteiger partial charge in [0, 0.05) is 19.0 Å². The number of unbranched alkanes of at least 4 members (excludes halogenated alkanes) is 3. The number of alkyl halides is 3. The van der Waals surface area contributed by atoms with Gasteiger partial charge in [-0.2, -0.15) is 13.2 Å². The molecule has 0 aromatic heterocycles. The predicted molar refractivity (Wildman–Crippen MR) is 164 cm³/mol. The number of amides is 2. The molecule has 1 saturated heterocycles. The van der Waals surface area contributed by atoms with Crippen LogP contribution in [-0.4, -0.2) is 48.5 Å². The number of carbonyl (C=O) groups excluding carboxylic acids is 2. The van der Waals surface area contributed by atoms with Gasteiger partial charge in [-0.3, -0.25) is 14.5 Å². The van der Waals surface area contributed by atoms with Crippen LogP contribution in [0.1, 0.15) is 72.4 Å². The lowest BCUT2D eigenvalue weighted by molar-refractivity contribution is -0.139. The van der Waals surface area contributed by atoms with Crippen LogP contribution in [0.25, 0.3) is 10.9 Å². The van der Waals surface area contributed by atoms with E-state index in [9.17, 15) is 22.8 Å². The second-order valence-corrected chi connectivity index (χ2v) is 12.5. The summed E-state index contributed by atoms with van der Waals surface area (Å²) >= 11 is 0.682. The molecule has 236 valence electrons. The van der Waals surface area contributed by atoms with Crippen LogP contribution in [0.2, 0.25) is 0 Å². The maximum atomic E-state index is 14.1. The molecule has 2 amide bonds. The molecule has 2 aromatic carbocycles. The summed E-state index contributed by atoms with van der Waals surface area (Å²) in [6.07, 6.45) is 1.60. The van der Waals surface area contributed by atoms with Crippen molar-refractivity contribution in [2.24, 2.45) is 0 Å². The maximum Gasteiger partial charge on any atom is 0.419 e. The third-order valence-corrected chi connectivity index (χ3v) is 9.06. The van der Waals surface area contributed by atoms with Crippen molar-refractivity contribution in [2.45, 2.75) is 78.0 Å². The molecule has 2 aliphatic rings. The summed E-state index contributed by atoms with van der Waals surface area (Å²) in [4.78, 5) is 28.3. The van der Waals surface area contributed by atoms with Crippen molar-refractivity contribution in [1.29, 1.82) is 0 Å². The van der Waals surface area contributed by atoms with Gasteiger partial charge in [-0.15, -0.1) is 0 Å². The first-order valence-electron chi connectivity index (χ1n) is 14.6. The van der Waals surface area contributed by atoms with E-state index in [1.165, 1.54) is 25.3 Å². The Hall–Kier alpha value is -3.65. The maximum absolute atomic E-state index is 14.1. The Morgan fingerprint density at radius 3 is 2.48 bits per heavy atom. The van der Waals surface area contributed by atoms with E-state index in [4.69, 9.17) is 20.8 Å². The number of thioether (sulfide) groups is 1. The van der Waals surface area contributed by atoms with Crippen LogP contribution in [0.5, 0.6) is 17.2 Å². The molecular formula is C33H37F3N2O5S. The number of rotatable bonds is 11. The SMILES string of the molecule is [C-]#[N+]CCCCCCOc1c(C)c(C)c2c(c1C)CCC(C)(COc1ccc(/C=C3/SC(=O)N(C)C3=O)cc1C(F)(F)F)O2. The molecule has 2 aliphatic heterocycles. The zero-order valence-corrected chi connectivity index (χ0v) is 26.5. The first kappa shape index (κ1) is 33.2.